The lowest BCUT2D eigenvalue weighted by Gasteiger charge is -2.03. The molecule has 2 N–H and O–H groups in total. The first-order valence-electron chi connectivity index (χ1n) is 3.62. The molecule has 0 aromatic carbocycles. The van der Waals surface area contributed by atoms with Gasteiger partial charge in [-0.25, -0.2) is 13.8 Å². The third-order valence-electron chi connectivity index (χ3n) is 1.57. The third-order valence-corrected chi connectivity index (χ3v) is 1.57. The lowest BCUT2D eigenvalue weighted by Crippen LogP contribution is -2.04. The summed E-state index contributed by atoms with van der Waals surface area (Å²) in [6, 6.07) is 2.55. The minimum Gasteiger partial charge on any atom is -0.325 e. The minimum absolute atomic E-state index is 0.129. The standard InChI is InChI=1S/C8H8F2N2O/c9-8(10)6-2-1-5(3-11)12-7(6)4-13/h1-2,4,8H,3,11H2. The summed E-state index contributed by atoms with van der Waals surface area (Å²) in [5, 5.41) is 0. The van der Waals surface area contributed by atoms with E-state index >= 15 is 0 Å². The van der Waals surface area contributed by atoms with Crippen LogP contribution in [0.15, 0.2) is 12.1 Å². The summed E-state index contributed by atoms with van der Waals surface area (Å²) >= 11 is 0. The van der Waals surface area contributed by atoms with Crippen molar-refractivity contribution in [1.29, 1.82) is 0 Å². The monoisotopic (exact) mass is 186 g/mol. The van der Waals surface area contributed by atoms with Gasteiger partial charge in [-0.15, -0.1) is 0 Å². The van der Waals surface area contributed by atoms with Gasteiger partial charge in [0.2, 0.25) is 0 Å². The lowest BCUT2D eigenvalue weighted by atomic mass is 10.2. The van der Waals surface area contributed by atoms with Crippen LogP contribution in [-0.2, 0) is 6.54 Å². The van der Waals surface area contributed by atoms with Gasteiger partial charge in [-0.3, -0.25) is 4.79 Å². The van der Waals surface area contributed by atoms with E-state index in [9.17, 15) is 13.6 Å². The number of hydrogen-bond donors (Lipinski definition) is 1. The highest BCUT2D eigenvalue weighted by Gasteiger charge is 2.13. The van der Waals surface area contributed by atoms with Gasteiger partial charge in [-0.2, -0.15) is 0 Å². The molecule has 1 heterocycles. The second kappa shape index (κ2) is 4.04. The zero-order valence-electron chi connectivity index (χ0n) is 6.71. The Hall–Kier alpha value is -1.36. The SMILES string of the molecule is NCc1ccc(C(F)F)c(C=O)n1. The molecule has 13 heavy (non-hydrogen) atoms. The quantitative estimate of drug-likeness (QED) is 0.723. The van der Waals surface area contributed by atoms with E-state index < -0.39 is 6.43 Å². The highest BCUT2D eigenvalue weighted by atomic mass is 19.3. The predicted molar refractivity (Wildman–Crippen MR) is 42.5 cm³/mol. The molecule has 0 bridgehead atoms. The molecule has 5 heteroatoms. The molecule has 0 aliphatic carbocycles. The van der Waals surface area contributed by atoms with Gasteiger partial charge in [0.05, 0.1) is 5.69 Å². The maximum Gasteiger partial charge on any atom is 0.266 e. The number of aldehydes is 1. The summed E-state index contributed by atoms with van der Waals surface area (Å²) in [5.74, 6) is 0. The number of carbonyl (C=O) groups is 1. The first kappa shape index (κ1) is 9.73. The van der Waals surface area contributed by atoms with Crippen molar-refractivity contribution >= 4 is 6.29 Å². The van der Waals surface area contributed by atoms with Gasteiger partial charge in [0.1, 0.15) is 5.69 Å². The molecular formula is C8H8F2N2O. The fourth-order valence-corrected chi connectivity index (χ4v) is 0.920. The van der Waals surface area contributed by atoms with E-state index in [1.54, 1.807) is 0 Å². The van der Waals surface area contributed by atoms with Crippen LogP contribution in [0.1, 0.15) is 28.2 Å². The van der Waals surface area contributed by atoms with Gasteiger partial charge >= 0.3 is 0 Å². The van der Waals surface area contributed by atoms with E-state index in [-0.39, 0.29) is 17.8 Å². The number of nitrogens with zero attached hydrogens (tertiary/aromatic N) is 1. The first-order valence-corrected chi connectivity index (χ1v) is 3.62. The molecule has 0 aliphatic heterocycles. The summed E-state index contributed by atoms with van der Waals surface area (Å²) in [7, 11) is 0. The van der Waals surface area contributed by atoms with E-state index in [1.165, 1.54) is 12.1 Å². The molecular weight excluding hydrogens is 178 g/mol. The van der Waals surface area contributed by atoms with Crippen LogP contribution in [0.5, 0.6) is 0 Å². The van der Waals surface area contributed by atoms with Crippen LogP contribution in [0.2, 0.25) is 0 Å². The molecule has 0 saturated heterocycles. The zero-order valence-corrected chi connectivity index (χ0v) is 6.71. The van der Waals surface area contributed by atoms with Crippen LogP contribution in [0, 0.1) is 0 Å². The molecule has 1 aromatic rings. The normalized spacial score (nSPS) is 10.5. The summed E-state index contributed by atoms with van der Waals surface area (Å²) in [6.07, 6.45) is -2.37. The topological polar surface area (TPSA) is 56.0 Å². The van der Waals surface area contributed by atoms with Crippen molar-refractivity contribution in [2.24, 2.45) is 5.73 Å². The Kier molecular flexibility index (Phi) is 3.02. The number of nitrogens with two attached hydrogens (primary N) is 1. The number of rotatable bonds is 3. The summed E-state index contributed by atoms with van der Waals surface area (Å²) in [5.41, 5.74) is 5.06. The van der Waals surface area contributed by atoms with Crippen molar-refractivity contribution in [1.82, 2.24) is 4.98 Å². The number of alkyl halides is 2. The highest BCUT2D eigenvalue weighted by Crippen LogP contribution is 2.20. The average Bonchev–Trinajstić information content (AvgIpc) is 2.16. The smallest absolute Gasteiger partial charge is 0.266 e. The minimum atomic E-state index is -2.68. The van der Waals surface area contributed by atoms with Crippen LogP contribution in [-0.4, -0.2) is 11.3 Å². The van der Waals surface area contributed by atoms with Crippen LogP contribution in [0.3, 0.4) is 0 Å². The van der Waals surface area contributed by atoms with Crippen molar-refractivity contribution < 1.29 is 13.6 Å². The van der Waals surface area contributed by atoms with Crippen molar-refractivity contribution in [2.75, 3.05) is 0 Å². The molecule has 0 spiro atoms. The van der Waals surface area contributed by atoms with Crippen LogP contribution in [0.4, 0.5) is 8.78 Å². The fourth-order valence-electron chi connectivity index (χ4n) is 0.920. The molecule has 0 radical (unpaired) electrons. The van der Waals surface area contributed by atoms with E-state index in [0.29, 0.717) is 12.0 Å². The van der Waals surface area contributed by atoms with Crippen LogP contribution in [0.25, 0.3) is 0 Å². The second-order valence-corrected chi connectivity index (χ2v) is 2.40. The Morgan fingerprint density at radius 3 is 2.69 bits per heavy atom. The van der Waals surface area contributed by atoms with Gasteiger partial charge in [-0.1, -0.05) is 0 Å². The second-order valence-electron chi connectivity index (χ2n) is 2.40. The summed E-state index contributed by atoms with van der Waals surface area (Å²) < 4.78 is 24.4. The van der Waals surface area contributed by atoms with Gasteiger partial charge in [0, 0.05) is 12.1 Å². The fraction of sp³-hybridized carbons (Fsp3) is 0.250. The lowest BCUT2D eigenvalue weighted by molar-refractivity contribution is 0.110. The van der Waals surface area contributed by atoms with Crippen molar-refractivity contribution in [3.8, 4) is 0 Å². The van der Waals surface area contributed by atoms with E-state index in [0.717, 1.165) is 0 Å². The number of halogens is 2. The molecule has 0 fully saturated rings. The number of pyridine rings is 1. The number of aromatic nitrogens is 1. The van der Waals surface area contributed by atoms with Crippen molar-refractivity contribution in [2.45, 2.75) is 13.0 Å². The van der Waals surface area contributed by atoms with Gasteiger partial charge in [-0.05, 0) is 12.1 Å². The Balaban J connectivity index is 3.15. The first-order chi connectivity index (χ1) is 6.19. The number of carbonyl (C=O) groups excluding carboxylic acids is 1. The molecule has 0 unspecified atom stereocenters. The number of hydrogen-bond acceptors (Lipinski definition) is 3. The van der Waals surface area contributed by atoms with Crippen LogP contribution >= 0.6 is 0 Å². The Labute approximate surface area is 73.6 Å². The summed E-state index contributed by atoms with van der Waals surface area (Å²) in [6.45, 7) is 0.129. The van der Waals surface area contributed by atoms with Gasteiger partial charge in [0.25, 0.3) is 6.43 Å². The molecule has 0 saturated carbocycles. The molecule has 0 amide bonds. The molecule has 3 nitrogen and oxygen atoms in total. The molecule has 70 valence electrons. The van der Waals surface area contributed by atoms with Crippen LogP contribution < -0.4 is 5.73 Å². The molecule has 0 atom stereocenters. The molecule has 0 aliphatic rings. The van der Waals surface area contributed by atoms with Gasteiger partial charge in [0.15, 0.2) is 6.29 Å². The van der Waals surface area contributed by atoms with E-state index in [1.807, 2.05) is 0 Å². The average molecular weight is 186 g/mol. The highest BCUT2D eigenvalue weighted by molar-refractivity contribution is 5.74. The Bertz CT molecular complexity index is 315. The Morgan fingerprint density at radius 2 is 2.23 bits per heavy atom. The zero-order chi connectivity index (χ0) is 9.84. The molecule has 1 rings (SSSR count). The van der Waals surface area contributed by atoms with Gasteiger partial charge < -0.3 is 5.73 Å². The Morgan fingerprint density at radius 1 is 1.54 bits per heavy atom. The summed E-state index contributed by atoms with van der Waals surface area (Å²) in [4.78, 5) is 14.0. The predicted octanol–water partition coefficient (Wildman–Crippen LogP) is 1.29. The van der Waals surface area contributed by atoms with Crippen molar-refractivity contribution in [3.05, 3.63) is 29.1 Å². The van der Waals surface area contributed by atoms with E-state index in [4.69, 9.17) is 5.73 Å². The van der Waals surface area contributed by atoms with Crippen molar-refractivity contribution in [3.63, 3.8) is 0 Å². The molecule has 1 aromatic heterocycles. The third kappa shape index (κ3) is 2.06. The van der Waals surface area contributed by atoms with E-state index in [2.05, 4.69) is 4.98 Å². The maximum atomic E-state index is 12.2. The maximum absolute atomic E-state index is 12.2. The largest absolute Gasteiger partial charge is 0.325 e.